The second-order valence-electron chi connectivity index (χ2n) is 17.4. The van der Waals surface area contributed by atoms with Crippen molar-refractivity contribution in [3.8, 4) is 0 Å². The monoisotopic (exact) mass is 819 g/mol. The van der Waals surface area contributed by atoms with Crippen molar-refractivity contribution in [2.75, 3.05) is 6.61 Å². The number of cyclic esters (lactones) is 1. The van der Waals surface area contributed by atoms with Crippen LogP contribution in [0.1, 0.15) is 83.3 Å². The predicted octanol–water partition coefficient (Wildman–Crippen LogP) is 2.49. The molecule has 2 aromatic carbocycles. The Morgan fingerprint density at radius 1 is 0.915 bits per heavy atom. The number of carbonyl (C=O) groups is 6. The number of benzene rings is 2. The van der Waals surface area contributed by atoms with E-state index >= 15 is 0 Å². The van der Waals surface area contributed by atoms with Crippen LogP contribution in [0.5, 0.6) is 0 Å². The van der Waals surface area contributed by atoms with E-state index in [0.29, 0.717) is 4.90 Å². The van der Waals surface area contributed by atoms with Crippen LogP contribution in [-0.4, -0.2) is 121 Å². The molecule has 0 radical (unpaired) electrons. The van der Waals surface area contributed by atoms with Gasteiger partial charge in [-0.25, -0.2) is 19.3 Å². The highest BCUT2D eigenvalue weighted by Gasteiger charge is 2.78. The van der Waals surface area contributed by atoms with Crippen LogP contribution in [0, 0.1) is 16.7 Å². The molecule has 2 aromatic rings. The van der Waals surface area contributed by atoms with Crippen LogP contribution < -0.4 is 0 Å². The molecule has 4 N–H and O–H groups in total. The zero-order valence-electron chi connectivity index (χ0n) is 33.7. The average Bonchev–Trinajstić information content (AvgIpc) is 3.38. The second-order valence-corrected chi connectivity index (χ2v) is 17.4. The molecular formula is C43H49NO15. The van der Waals surface area contributed by atoms with E-state index in [2.05, 4.69) is 0 Å². The van der Waals surface area contributed by atoms with E-state index in [4.69, 9.17) is 23.7 Å². The van der Waals surface area contributed by atoms with Crippen molar-refractivity contribution in [3.63, 3.8) is 0 Å². The number of ketones is 1. The number of hydrogen-bond acceptors (Lipinski definition) is 15. The van der Waals surface area contributed by atoms with Gasteiger partial charge in [-0.05, 0) is 56.5 Å². The summed E-state index contributed by atoms with van der Waals surface area (Å²) >= 11 is 0. The van der Waals surface area contributed by atoms with Crippen molar-refractivity contribution in [2.24, 2.45) is 16.7 Å². The van der Waals surface area contributed by atoms with Crippen molar-refractivity contribution in [1.29, 1.82) is 0 Å². The molecule has 2 aliphatic heterocycles. The lowest BCUT2D eigenvalue weighted by atomic mass is 9.44. The molecule has 16 heteroatoms. The highest BCUT2D eigenvalue weighted by atomic mass is 16.6. The second kappa shape index (κ2) is 14.3. The van der Waals surface area contributed by atoms with Gasteiger partial charge in [0, 0.05) is 25.2 Å². The summed E-state index contributed by atoms with van der Waals surface area (Å²) in [6.45, 7) is 9.42. The van der Waals surface area contributed by atoms with Gasteiger partial charge < -0.3 is 44.1 Å². The van der Waals surface area contributed by atoms with E-state index < -0.39 is 118 Å². The van der Waals surface area contributed by atoms with E-state index in [1.54, 1.807) is 36.4 Å². The number of ether oxygens (including phenoxy) is 5. The number of carbonyl (C=O) groups excluding carboxylic acids is 6. The van der Waals surface area contributed by atoms with Gasteiger partial charge in [-0.15, -0.1) is 0 Å². The summed E-state index contributed by atoms with van der Waals surface area (Å²) in [4.78, 5) is 83.4. The molecule has 4 fully saturated rings. The number of Topliss-reactive ketones (excluding diaryl/α,β-unsaturated/α-hetero) is 1. The van der Waals surface area contributed by atoms with Crippen LogP contribution in [0.3, 0.4) is 0 Å². The third-order valence-electron chi connectivity index (χ3n) is 13.4. The van der Waals surface area contributed by atoms with Crippen LogP contribution in [0.25, 0.3) is 0 Å². The number of hydrogen-bond donors (Lipinski definition) is 4. The maximum Gasteiger partial charge on any atom is 0.418 e. The fourth-order valence-corrected chi connectivity index (χ4v) is 10.2. The molecule has 2 saturated heterocycles. The average molecular weight is 820 g/mol. The fraction of sp³-hybridized carbons (Fsp3) is 0.535. The van der Waals surface area contributed by atoms with Crippen LogP contribution in [-0.2, 0) is 42.9 Å². The number of fused-ring (bicyclic) bond motifs is 5. The first-order valence-corrected chi connectivity index (χ1v) is 19.5. The zero-order valence-corrected chi connectivity index (χ0v) is 33.7. The molecule has 11 atom stereocenters. The maximum absolute atomic E-state index is 15.0. The van der Waals surface area contributed by atoms with Gasteiger partial charge in [0.25, 0.3) is 5.91 Å². The number of aliphatic hydroxyl groups excluding tert-OH is 3. The largest absolute Gasteiger partial charge is 0.456 e. The molecule has 7 rings (SSSR count). The highest BCUT2D eigenvalue weighted by molar-refractivity contribution is 6.03. The molecule has 2 amide bonds. The zero-order chi connectivity index (χ0) is 43.2. The van der Waals surface area contributed by atoms with Gasteiger partial charge in [-0.3, -0.25) is 14.4 Å². The quantitative estimate of drug-likeness (QED) is 0.170. The number of rotatable bonds is 8. The summed E-state index contributed by atoms with van der Waals surface area (Å²) in [6.07, 6.45) is -12.1. The van der Waals surface area contributed by atoms with E-state index in [0.717, 1.165) is 6.92 Å². The SMILES string of the molecule is CC(=O)O[C@@]12CO[C@H]1C[C@H](O)[C@@]1(C)C(=O)[C@H](O)C3=C(C)[C@@H](OC(=O)[C@H](O)[C@H](c4ccccc4)N4C(=O)OC(C)(C)C4=O)C[C@@](O)([C@@H](OC(=O)c4ccccc4)[C@@H]21)C3(C)C. The van der Waals surface area contributed by atoms with Gasteiger partial charge in [0.1, 0.15) is 36.1 Å². The van der Waals surface area contributed by atoms with Gasteiger partial charge in [-0.2, -0.15) is 0 Å². The van der Waals surface area contributed by atoms with Gasteiger partial charge in [-0.1, -0.05) is 62.4 Å². The van der Waals surface area contributed by atoms with Crippen LogP contribution in [0.15, 0.2) is 71.8 Å². The lowest BCUT2D eigenvalue weighted by Crippen LogP contribution is -2.81. The Bertz CT molecular complexity index is 2120. The summed E-state index contributed by atoms with van der Waals surface area (Å²) in [7, 11) is 0. The minimum absolute atomic E-state index is 0.0577. The number of amides is 2. The summed E-state index contributed by atoms with van der Waals surface area (Å²) in [5.41, 5.74) is -9.27. The van der Waals surface area contributed by atoms with Crippen LogP contribution in [0.4, 0.5) is 4.79 Å². The highest BCUT2D eigenvalue weighted by Crippen LogP contribution is 2.64. The molecule has 0 unspecified atom stereocenters. The first kappa shape index (κ1) is 42.1. The first-order valence-electron chi connectivity index (χ1n) is 19.5. The molecule has 3 aliphatic carbocycles. The molecule has 2 bridgehead atoms. The Morgan fingerprint density at radius 3 is 2.07 bits per heavy atom. The minimum atomic E-state index is -2.41. The Kier molecular flexibility index (Phi) is 10.2. The molecule has 16 nitrogen and oxygen atoms in total. The molecule has 0 aromatic heterocycles. The maximum atomic E-state index is 15.0. The van der Waals surface area contributed by atoms with E-state index in [-0.39, 0.29) is 35.3 Å². The molecule has 316 valence electrons. The summed E-state index contributed by atoms with van der Waals surface area (Å²) in [5.74, 6) is -6.42. The lowest BCUT2D eigenvalue weighted by Gasteiger charge is -2.67. The van der Waals surface area contributed by atoms with Crippen molar-refractivity contribution in [1.82, 2.24) is 4.90 Å². The Morgan fingerprint density at radius 2 is 1.53 bits per heavy atom. The standard InChI is InChI=1S/C43H49NO15/c1-21-25(56-36(51)31(48)29(23-14-10-8-11-15-23)44-37(52)40(5,6)59-38(44)53)19-43(54)34(57-35(50)24-16-12-9-13-17-24)32-41(7,33(49)30(47)28(21)39(43,3)4)26(46)18-27-42(32,20-55-27)58-22(2)45/h8-17,25-27,29-32,34,46-48,54H,18-20H2,1-7H3/t25-,26-,27-,29-,30+,31+,32+,34-,41+,42-,43+/m0/s1. The van der Waals surface area contributed by atoms with E-state index in [1.807, 2.05) is 0 Å². The number of esters is 3. The van der Waals surface area contributed by atoms with Crippen molar-refractivity contribution >= 4 is 35.7 Å². The lowest BCUT2D eigenvalue weighted by molar-refractivity contribution is -0.346. The van der Waals surface area contributed by atoms with Crippen LogP contribution in [0.2, 0.25) is 0 Å². The summed E-state index contributed by atoms with van der Waals surface area (Å²) in [5, 5.41) is 49.3. The van der Waals surface area contributed by atoms with E-state index in [1.165, 1.54) is 65.8 Å². The number of aliphatic hydroxyl groups is 4. The summed E-state index contributed by atoms with van der Waals surface area (Å²) < 4.78 is 29.4. The third kappa shape index (κ3) is 6.21. The third-order valence-corrected chi connectivity index (χ3v) is 13.4. The van der Waals surface area contributed by atoms with Crippen molar-refractivity contribution < 1.29 is 72.9 Å². The van der Waals surface area contributed by atoms with Gasteiger partial charge >= 0.3 is 24.0 Å². The molecule has 2 heterocycles. The molecular weight excluding hydrogens is 770 g/mol. The van der Waals surface area contributed by atoms with Crippen LogP contribution >= 0.6 is 0 Å². The topological polar surface area (TPSA) is 233 Å². The fourth-order valence-electron chi connectivity index (χ4n) is 10.2. The normalized spacial score (nSPS) is 35.4. The van der Waals surface area contributed by atoms with Gasteiger partial charge in [0.05, 0.1) is 29.6 Å². The Hall–Kier alpha value is -5.00. The Labute approximate surface area is 340 Å². The molecule has 5 aliphatic rings. The predicted molar refractivity (Wildman–Crippen MR) is 202 cm³/mol. The van der Waals surface area contributed by atoms with Gasteiger partial charge in [0.2, 0.25) is 0 Å². The van der Waals surface area contributed by atoms with E-state index in [9.17, 15) is 49.2 Å². The molecule has 2 saturated carbocycles. The number of imide groups is 1. The number of nitrogens with zero attached hydrogens (tertiary/aromatic N) is 1. The van der Waals surface area contributed by atoms with Gasteiger partial charge in [0.15, 0.2) is 23.1 Å². The summed E-state index contributed by atoms with van der Waals surface area (Å²) in [6, 6.07) is 13.9. The Balaban J connectivity index is 1.37. The van der Waals surface area contributed by atoms with Crippen molar-refractivity contribution in [2.45, 2.75) is 121 Å². The molecule has 0 spiro atoms. The minimum Gasteiger partial charge on any atom is -0.456 e. The smallest absolute Gasteiger partial charge is 0.418 e. The first-order chi connectivity index (χ1) is 27.5. The van der Waals surface area contributed by atoms with Crippen molar-refractivity contribution in [3.05, 3.63) is 82.9 Å². The molecule has 59 heavy (non-hydrogen) atoms.